The van der Waals surface area contributed by atoms with E-state index in [2.05, 4.69) is 5.32 Å². The van der Waals surface area contributed by atoms with Gasteiger partial charge in [-0.2, -0.15) is 13.2 Å². The first-order chi connectivity index (χ1) is 16.4. The number of carbonyl (C=O) groups excluding carboxylic acids is 3. The second-order valence-corrected chi connectivity index (χ2v) is 10.00. The summed E-state index contributed by atoms with van der Waals surface area (Å²) in [5.74, 6) is -1.21. The number of carbonyl (C=O) groups is 3. The van der Waals surface area contributed by atoms with Gasteiger partial charge < -0.3 is 25.6 Å². The number of hydrogen-bond acceptors (Lipinski definition) is 5. The summed E-state index contributed by atoms with van der Waals surface area (Å²) < 4.78 is 45.9. The van der Waals surface area contributed by atoms with Gasteiger partial charge in [-0.1, -0.05) is 18.2 Å². The Morgan fingerprint density at radius 1 is 1.11 bits per heavy atom. The van der Waals surface area contributed by atoms with Crippen LogP contribution in [-0.4, -0.2) is 71.5 Å². The van der Waals surface area contributed by atoms with Crippen molar-refractivity contribution < 1.29 is 32.3 Å². The monoisotopic (exact) mass is 496 g/mol. The molecule has 35 heavy (non-hydrogen) atoms. The fourth-order valence-electron chi connectivity index (χ4n) is 5.12. The minimum absolute atomic E-state index is 0.0299. The summed E-state index contributed by atoms with van der Waals surface area (Å²) >= 11 is 0. The van der Waals surface area contributed by atoms with E-state index in [4.69, 9.17) is 10.5 Å². The van der Waals surface area contributed by atoms with Crippen molar-refractivity contribution in [3.8, 4) is 5.75 Å². The quantitative estimate of drug-likeness (QED) is 0.667. The molecule has 0 radical (unpaired) electrons. The van der Waals surface area contributed by atoms with Gasteiger partial charge in [-0.25, -0.2) is 0 Å². The Balaban J connectivity index is 1.47. The van der Waals surface area contributed by atoms with Crippen molar-refractivity contribution in [3.63, 3.8) is 0 Å². The van der Waals surface area contributed by atoms with Crippen LogP contribution >= 0.6 is 0 Å². The molecule has 0 spiro atoms. The summed E-state index contributed by atoms with van der Waals surface area (Å²) in [5.41, 5.74) is 4.36. The average molecular weight is 497 g/mol. The molecule has 0 bridgehead atoms. The Morgan fingerprint density at radius 3 is 2.54 bits per heavy atom. The van der Waals surface area contributed by atoms with E-state index in [1.807, 2.05) is 24.3 Å². The van der Waals surface area contributed by atoms with Crippen molar-refractivity contribution >= 4 is 17.7 Å². The molecule has 3 amide bonds. The second-order valence-electron chi connectivity index (χ2n) is 10.00. The Hall–Kier alpha value is -2.82. The Labute approximate surface area is 201 Å². The van der Waals surface area contributed by atoms with Gasteiger partial charge in [-0.05, 0) is 39.2 Å². The third-order valence-corrected chi connectivity index (χ3v) is 7.33. The molecule has 4 atom stereocenters. The normalized spacial score (nSPS) is 27.3. The summed E-state index contributed by atoms with van der Waals surface area (Å²) in [6.07, 6.45) is -2.93. The molecule has 0 saturated carbocycles. The molecule has 3 aliphatic heterocycles. The highest BCUT2D eigenvalue weighted by Crippen LogP contribution is 2.40. The summed E-state index contributed by atoms with van der Waals surface area (Å²) in [4.78, 5) is 41.8. The number of alkyl halides is 3. The zero-order valence-electron chi connectivity index (χ0n) is 19.8. The largest absolute Gasteiger partial charge is 0.493 e. The van der Waals surface area contributed by atoms with Crippen molar-refractivity contribution in [1.29, 1.82) is 0 Å². The molecule has 11 heteroatoms. The topological polar surface area (TPSA) is 105 Å². The first-order valence-electron chi connectivity index (χ1n) is 11.9. The number of para-hydroxylation sites is 1. The summed E-state index contributed by atoms with van der Waals surface area (Å²) in [5, 5.41) is 3.04. The molecular formula is C24H31F3N4O4. The van der Waals surface area contributed by atoms with Gasteiger partial charge in [0.05, 0.1) is 12.6 Å². The van der Waals surface area contributed by atoms with E-state index in [-0.39, 0.29) is 37.5 Å². The number of nitrogens with two attached hydrogens (primary N) is 1. The first-order valence-corrected chi connectivity index (χ1v) is 11.9. The van der Waals surface area contributed by atoms with Crippen molar-refractivity contribution in [2.75, 3.05) is 19.7 Å². The van der Waals surface area contributed by atoms with Gasteiger partial charge in [0, 0.05) is 31.1 Å². The molecule has 3 heterocycles. The van der Waals surface area contributed by atoms with Gasteiger partial charge in [-0.15, -0.1) is 0 Å². The maximum Gasteiger partial charge on any atom is 0.402 e. The molecule has 8 nitrogen and oxygen atoms in total. The number of nitrogens with zero attached hydrogens (tertiary/aromatic N) is 2. The smallest absolute Gasteiger partial charge is 0.402 e. The fraction of sp³-hybridized carbons (Fsp3) is 0.625. The molecule has 3 N–H and O–H groups in total. The Bertz CT molecular complexity index is 999. The summed E-state index contributed by atoms with van der Waals surface area (Å²) in [6.45, 7) is 1.82. The number of ether oxygens (including phenoxy) is 1. The summed E-state index contributed by atoms with van der Waals surface area (Å²) in [6, 6.07) is 4.89. The highest BCUT2D eigenvalue weighted by molar-refractivity contribution is 5.92. The number of amides is 3. The predicted molar refractivity (Wildman–Crippen MR) is 120 cm³/mol. The number of halogens is 3. The Kier molecular flexibility index (Phi) is 6.74. The number of hydrogen-bond donors (Lipinski definition) is 2. The van der Waals surface area contributed by atoms with E-state index in [1.54, 1.807) is 0 Å². The number of benzene rings is 1. The lowest BCUT2D eigenvalue weighted by Gasteiger charge is -2.40. The van der Waals surface area contributed by atoms with Crippen LogP contribution < -0.4 is 15.8 Å². The van der Waals surface area contributed by atoms with Crippen LogP contribution in [0, 0.1) is 5.41 Å². The predicted octanol–water partition coefficient (Wildman–Crippen LogP) is 2.13. The molecule has 3 aliphatic rings. The minimum Gasteiger partial charge on any atom is -0.493 e. The molecule has 4 rings (SSSR count). The number of fused-ring (bicyclic) bond motifs is 2. The van der Waals surface area contributed by atoms with Crippen LogP contribution in [0.15, 0.2) is 24.3 Å². The fourth-order valence-corrected chi connectivity index (χ4v) is 5.12. The van der Waals surface area contributed by atoms with Crippen LogP contribution in [0.2, 0.25) is 0 Å². The first kappa shape index (κ1) is 25.3. The van der Waals surface area contributed by atoms with E-state index >= 15 is 0 Å². The molecule has 1 aromatic carbocycles. The lowest BCUT2D eigenvalue weighted by molar-refractivity contribution is -0.217. The van der Waals surface area contributed by atoms with Gasteiger partial charge in [0.15, 0.2) is 0 Å². The molecule has 0 unspecified atom stereocenters. The van der Waals surface area contributed by atoms with Gasteiger partial charge in [0.2, 0.25) is 17.7 Å². The number of nitrogens with one attached hydrogen (secondary N) is 1. The maximum atomic E-state index is 13.4. The highest BCUT2D eigenvalue weighted by Gasteiger charge is 2.55. The van der Waals surface area contributed by atoms with Crippen LogP contribution in [-0.2, 0) is 14.4 Å². The lowest BCUT2D eigenvalue weighted by Crippen LogP contribution is -2.61. The van der Waals surface area contributed by atoms with E-state index in [9.17, 15) is 27.6 Å². The lowest BCUT2D eigenvalue weighted by atomic mass is 9.90. The average Bonchev–Trinajstić information content (AvgIpc) is 3.23. The maximum absolute atomic E-state index is 13.4. The standard InChI is InChI=1S/C24H31F3N4O4/c1-23(2,24(25,26)27)22(34)30-11-9-14-7-8-18(31(14)21(33)16(28)13-30)20(32)29-17-10-12-35-19-6-4-3-5-15(17)19/h3-6,14,16-18H,7-13,28H2,1-2H3,(H,29,32)/t14-,16+,17-,18+/m1/s1. The van der Waals surface area contributed by atoms with Crippen molar-refractivity contribution in [3.05, 3.63) is 29.8 Å². The van der Waals surface area contributed by atoms with E-state index in [1.165, 1.54) is 4.90 Å². The van der Waals surface area contributed by atoms with Crippen molar-refractivity contribution in [2.24, 2.45) is 11.1 Å². The van der Waals surface area contributed by atoms with Crippen LogP contribution in [0.1, 0.15) is 51.1 Å². The van der Waals surface area contributed by atoms with Gasteiger partial charge in [0.1, 0.15) is 23.2 Å². The van der Waals surface area contributed by atoms with E-state index in [0.29, 0.717) is 31.6 Å². The van der Waals surface area contributed by atoms with Crippen LogP contribution in [0.5, 0.6) is 5.75 Å². The van der Waals surface area contributed by atoms with Crippen LogP contribution in [0.25, 0.3) is 0 Å². The third kappa shape index (κ3) is 4.70. The van der Waals surface area contributed by atoms with E-state index < -0.39 is 35.5 Å². The van der Waals surface area contributed by atoms with Crippen LogP contribution in [0.4, 0.5) is 13.2 Å². The molecule has 0 aliphatic carbocycles. The van der Waals surface area contributed by atoms with Gasteiger partial charge >= 0.3 is 6.18 Å². The third-order valence-electron chi connectivity index (χ3n) is 7.33. The minimum atomic E-state index is -4.73. The SMILES string of the molecule is CC(C)(C(=O)N1CC[C@H]2CC[C@@H](C(=O)N[C@@H]3CCOc4ccccc43)N2C(=O)[C@@H](N)C1)C(F)(F)F. The van der Waals surface area contributed by atoms with Crippen LogP contribution in [0.3, 0.4) is 0 Å². The molecular weight excluding hydrogens is 465 g/mol. The van der Waals surface area contributed by atoms with Crippen molar-refractivity contribution in [2.45, 2.75) is 69.9 Å². The van der Waals surface area contributed by atoms with Crippen molar-refractivity contribution in [1.82, 2.24) is 15.1 Å². The zero-order chi connectivity index (χ0) is 25.5. The second kappa shape index (κ2) is 9.33. The van der Waals surface area contributed by atoms with Gasteiger partial charge in [0.25, 0.3) is 0 Å². The molecule has 0 aromatic heterocycles. The molecule has 192 valence electrons. The highest BCUT2D eigenvalue weighted by atomic mass is 19.4. The molecule has 1 aromatic rings. The summed E-state index contributed by atoms with van der Waals surface area (Å²) in [7, 11) is 0. The molecule has 2 saturated heterocycles. The Morgan fingerprint density at radius 2 is 1.83 bits per heavy atom. The number of rotatable bonds is 3. The zero-order valence-corrected chi connectivity index (χ0v) is 19.8. The van der Waals surface area contributed by atoms with E-state index in [0.717, 1.165) is 24.3 Å². The molecule has 2 fully saturated rings. The van der Waals surface area contributed by atoms with Gasteiger partial charge in [-0.3, -0.25) is 14.4 Å².